The largest absolute Gasteiger partial charge is 0.289 e. The van der Waals surface area contributed by atoms with Crippen molar-refractivity contribution in [3.8, 4) is 10.6 Å². The number of rotatable bonds is 1. The van der Waals surface area contributed by atoms with Gasteiger partial charge in [0.1, 0.15) is 0 Å². The standard InChI is InChI=1S/C7H3F2N3S/c8-5-4(2-1-3-10-5)6-11-12-7(9)13-6/h1-3H. The summed E-state index contributed by atoms with van der Waals surface area (Å²) in [4.78, 5) is 3.41. The van der Waals surface area contributed by atoms with Crippen LogP contribution in [0.3, 0.4) is 0 Å². The van der Waals surface area contributed by atoms with E-state index in [1.807, 2.05) is 0 Å². The summed E-state index contributed by atoms with van der Waals surface area (Å²) in [6, 6.07) is 3.03. The second-order valence-electron chi connectivity index (χ2n) is 2.20. The quantitative estimate of drug-likeness (QED) is 0.658. The predicted octanol–water partition coefficient (Wildman–Crippen LogP) is 1.88. The van der Waals surface area contributed by atoms with Gasteiger partial charge in [0.25, 0.3) is 5.26 Å². The summed E-state index contributed by atoms with van der Waals surface area (Å²) in [6.07, 6.45) is 1.32. The molecular formula is C7H3F2N3S. The van der Waals surface area contributed by atoms with Crippen molar-refractivity contribution in [1.82, 2.24) is 15.2 Å². The first kappa shape index (κ1) is 8.18. The van der Waals surface area contributed by atoms with Gasteiger partial charge in [-0.1, -0.05) is 11.3 Å². The molecule has 2 rings (SSSR count). The van der Waals surface area contributed by atoms with Crippen molar-refractivity contribution < 1.29 is 8.78 Å². The molecule has 0 saturated heterocycles. The average molecular weight is 199 g/mol. The highest BCUT2D eigenvalue weighted by molar-refractivity contribution is 7.13. The van der Waals surface area contributed by atoms with Crippen LogP contribution in [0.2, 0.25) is 0 Å². The van der Waals surface area contributed by atoms with E-state index in [0.717, 1.165) is 0 Å². The molecule has 6 heteroatoms. The van der Waals surface area contributed by atoms with Crippen molar-refractivity contribution in [1.29, 1.82) is 0 Å². The maximum atomic E-state index is 13.0. The van der Waals surface area contributed by atoms with Crippen molar-refractivity contribution in [2.45, 2.75) is 0 Å². The summed E-state index contributed by atoms with van der Waals surface area (Å²) < 4.78 is 25.4. The van der Waals surface area contributed by atoms with Gasteiger partial charge in [0, 0.05) is 6.20 Å². The summed E-state index contributed by atoms with van der Waals surface area (Å²) in [5, 5.41) is 6.12. The number of aromatic nitrogens is 3. The molecule has 2 aromatic heterocycles. The average Bonchev–Trinajstić information content (AvgIpc) is 2.53. The second kappa shape index (κ2) is 3.14. The van der Waals surface area contributed by atoms with Crippen LogP contribution in [-0.4, -0.2) is 15.2 Å². The van der Waals surface area contributed by atoms with Crippen molar-refractivity contribution in [3.05, 3.63) is 29.5 Å². The Bertz CT molecular complexity index is 429. The maximum Gasteiger partial charge on any atom is 0.289 e. The Morgan fingerprint density at radius 1 is 1.23 bits per heavy atom. The van der Waals surface area contributed by atoms with E-state index in [0.29, 0.717) is 11.3 Å². The Hall–Kier alpha value is -1.43. The van der Waals surface area contributed by atoms with E-state index in [1.165, 1.54) is 12.3 Å². The van der Waals surface area contributed by atoms with Crippen LogP contribution < -0.4 is 0 Å². The third-order valence-electron chi connectivity index (χ3n) is 1.39. The molecule has 3 nitrogen and oxygen atoms in total. The van der Waals surface area contributed by atoms with E-state index in [9.17, 15) is 8.78 Å². The van der Waals surface area contributed by atoms with Crippen LogP contribution in [-0.2, 0) is 0 Å². The van der Waals surface area contributed by atoms with Crippen LogP contribution in [0, 0.1) is 11.2 Å². The van der Waals surface area contributed by atoms with Crippen LogP contribution in [0.25, 0.3) is 10.6 Å². The first-order valence-corrected chi connectivity index (χ1v) is 4.19. The van der Waals surface area contributed by atoms with Gasteiger partial charge in [-0.25, -0.2) is 4.98 Å². The van der Waals surface area contributed by atoms with Gasteiger partial charge in [0.2, 0.25) is 5.95 Å². The second-order valence-corrected chi connectivity index (χ2v) is 3.13. The lowest BCUT2D eigenvalue weighted by atomic mass is 10.3. The summed E-state index contributed by atoms with van der Waals surface area (Å²) >= 11 is 0.686. The fraction of sp³-hybridized carbons (Fsp3) is 0. The molecule has 66 valence electrons. The number of nitrogens with zero attached hydrogens (tertiary/aromatic N) is 3. The Kier molecular flexibility index (Phi) is 1.97. The predicted molar refractivity (Wildman–Crippen MR) is 43.1 cm³/mol. The van der Waals surface area contributed by atoms with Gasteiger partial charge in [0.05, 0.1) is 5.56 Å². The SMILES string of the molecule is Fc1nnc(-c2cccnc2F)s1. The molecule has 2 heterocycles. The highest BCUT2D eigenvalue weighted by atomic mass is 32.1. The Morgan fingerprint density at radius 2 is 2.08 bits per heavy atom. The molecule has 2 aromatic rings. The van der Waals surface area contributed by atoms with Gasteiger partial charge in [0.15, 0.2) is 5.01 Å². The zero-order valence-electron chi connectivity index (χ0n) is 6.24. The summed E-state index contributed by atoms with van der Waals surface area (Å²) in [5.41, 5.74) is 0.170. The highest BCUT2D eigenvalue weighted by Gasteiger charge is 2.10. The van der Waals surface area contributed by atoms with Gasteiger partial charge in [-0.3, -0.25) is 0 Å². The number of halogens is 2. The molecule has 0 aliphatic carbocycles. The van der Waals surface area contributed by atoms with Crippen molar-refractivity contribution >= 4 is 11.3 Å². The monoisotopic (exact) mass is 199 g/mol. The smallest absolute Gasteiger partial charge is 0.228 e. The van der Waals surface area contributed by atoms with E-state index in [-0.39, 0.29) is 10.6 Å². The van der Waals surface area contributed by atoms with E-state index in [1.54, 1.807) is 6.07 Å². The molecular weight excluding hydrogens is 196 g/mol. The van der Waals surface area contributed by atoms with Gasteiger partial charge < -0.3 is 0 Å². The lowest BCUT2D eigenvalue weighted by molar-refractivity contribution is 0.586. The molecule has 0 fully saturated rings. The summed E-state index contributed by atoms with van der Waals surface area (Å²) in [6.45, 7) is 0. The Balaban J connectivity index is 2.52. The normalized spacial score (nSPS) is 10.3. The molecule has 0 N–H and O–H groups in total. The van der Waals surface area contributed by atoms with Crippen LogP contribution in [0.4, 0.5) is 8.78 Å². The Labute approximate surface area is 76.1 Å². The molecule has 13 heavy (non-hydrogen) atoms. The first-order chi connectivity index (χ1) is 6.27. The fourth-order valence-corrected chi connectivity index (χ4v) is 1.44. The van der Waals surface area contributed by atoms with Gasteiger partial charge in [-0.05, 0) is 12.1 Å². The third kappa shape index (κ3) is 1.52. The van der Waals surface area contributed by atoms with Crippen LogP contribution in [0.1, 0.15) is 0 Å². The number of hydrogen-bond acceptors (Lipinski definition) is 4. The van der Waals surface area contributed by atoms with E-state index >= 15 is 0 Å². The van der Waals surface area contributed by atoms with E-state index in [4.69, 9.17) is 0 Å². The zero-order valence-corrected chi connectivity index (χ0v) is 7.05. The topological polar surface area (TPSA) is 38.7 Å². The zero-order chi connectivity index (χ0) is 9.26. The lowest BCUT2D eigenvalue weighted by Gasteiger charge is -1.93. The molecule has 0 unspecified atom stereocenters. The van der Waals surface area contributed by atoms with E-state index < -0.39 is 11.2 Å². The third-order valence-corrected chi connectivity index (χ3v) is 2.13. The molecule has 0 aliphatic heterocycles. The first-order valence-electron chi connectivity index (χ1n) is 3.37. The minimum Gasteiger partial charge on any atom is -0.228 e. The fourth-order valence-electron chi connectivity index (χ4n) is 0.860. The molecule has 0 spiro atoms. The maximum absolute atomic E-state index is 13.0. The number of pyridine rings is 1. The Morgan fingerprint density at radius 3 is 2.69 bits per heavy atom. The van der Waals surface area contributed by atoms with Gasteiger partial charge >= 0.3 is 0 Å². The van der Waals surface area contributed by atoms with Crippen LogP contribution in [0.5, 0.6) is 0 Å². The molecule has 0 radical (unpaired) electrons. The van der Waals surface area contributed by atoms with Crippen molar-refractivity contribution in [2.75, 3.05) is 0 Å². The van der Waals surface area contributed by atoms with Crippen LogP contribution in [0.15, 0.2) is 18.3 Å². The van der Waals surface area contributed by atoms with E-state index in [2.05, 4.69) is 15.2 Å². The molecule has 0 bridgehead atoms. The van der Waals surface area contributed by atoms with Gasteiger partial charge in [-0.15, -0.1) is 10.2 Å². The molecule has 0 saturated carbocycles. The summed E-state index contributed by atoms with van der Waals surface area (Å²) in [5.74, 6) is -0.668. The minimum absolute atomic E-state index is 0.170. The van der Waals surface area contributed by atoms with Gasteiger partial charge in [-0.2, -0.15) is 8.78 Å². The summed E-state index contributed by atoms with van der Waals surface area (Å²) in [7, 11) is 0. The molecule has 0 atom stereocenters. The molecule has 0 aromatic carbocycles. The number of hydrogen-bond donors (Lipinski definition) is 0. The minimum atomic E-state index is -0.682. The van der Waals surface area contributed by atoms with Crippen LogP contribution >= 0.6 is 11.3 Å². The highest BCUT2D eigenvalue weighted by Crippen LogP contribution is 2.23. The van der Waals surface area contributed by atoms with Crippen molar-refractivity contribution in [2.24, 2.45) is 0 Å². The van der Waals surface area contributed by atoms with Crippen molar-refractivity contribution in [3.63, 3.8) is 0 Å². The lowest BCUT2D eigenvalue weighted by Crippen LogP contribution is -1.86. The molecule has 0 aliphatic rings. The molecule has 0 amide bonds.